The van der Waals surface area contributed by atoms with Crippen molar-refractivity contribution < 1.29 is 29.1 Å². The summed E-state index contributed by atoms with van der Waals surface area (Å²) >= 11 is 0. The molecule has 35 heavy (non-hydrogen) atoms. The second-order valence-electron chi connectivity index (χ2n) is 8.90. The van der Waals surface area contributed by atoms with Crippen molar-refractivity contribution in [3.8, 4) is 0 Å². The molecule has 184 valence electrons. The van der Waals surface area contributed by atoms with Crippen LogP contribution in [-0.4, -0.2) is 53.5 Å². The third kappa shape index (κ3) is 5.05. The molecule has 0 bridgehead atoms. The molecule has 2 atom stereocenters. The highest BCUT2D eigenvalue weighted by Gasteiger charge is 2.44. The summed E-state index contributed by atoms with van der Waals surface area (Å²) in [5.74, 6) is -2.02. The van der Waals surface area contributed by atoms with E-state index in [9.17, 15) is 19.2 Å². The van der Waals surface area contributed by atoms with Gasteiger partial charge < -0.3 is 10.1 Å². The summed E-state index contributed by atoms with van der Waals surface area (Å²) < 4.78 is 4.99. The summed E-state index contributed by atoms with van der Waals surface area (Å²) in [6.07, 6.45) is 3.84. The second-order valence-corrected chi connectivity index (χ2v) is 8.90. The van der Waals surface area contributed by atoms with Gasteiger partial charge >= 0.3 is 5.97 Å². The minimum atomic E-state index is -1.02. The van der Waals surface area contributed by atoms with Gasteiger partial charge in [-0.05, 0) is 55.0 Å². The third-order valence-corrected chi connectivity index (χ3v) is 6.71. The Morgan fingerprint density at radius 1 is 1.11 bits per heavy atom. The molecule has 0 fully saturated rings. The molecule has 3 amide bonds. The highest BCUT2D eigenvalue weighted by Crippen LogP contribution is 2.37. The predicted octanol–water partition coefficient (Wildman–Crippen LogP) is 3.03. The zero-order valence-electron chi connectivity index (χ0n) is 19.6. The zero-order chi connectivity index (χ0) is 24.9. The summed E-state index contributed by atoms with van der Waals surface area (Å²) in [5, 5.41) is 11.9. The first kappa shape index (κ1) is 24.4. The monoisotopic (exact) mass is 479 g/mol. The molecule has 9 nitrogen and oxygen atoms in total. The number of hydroxylamine groups is 1. The molecular formula is C26H29N3O6. The number of anilines is 1. The molecule has 2 aliphatic rings. The number of imide groups is 1. The Bertz CT molecular complexity index is 1110. The van der Waals surface area contributed by atoms with Gasteiger partial charge in [-0.25, -0.2) is 10.3 Å². The van der Waals surface area contributed by atoms with E-state index in [0.717, 1.165) is 41.0 Å². The van der Waals surface area contributed by atoms with Gasteiger partial charge in [0.2, 0.25) is 5.91 Å². The summed E-state index contributed by atoms with van der Waals surface area (Å²) in [6.45, 7) is 0.589. The Morgan fingerprint density at radius 2 is 1.83 bits per heavy atom. The fourth-order valence-corrected chi connectivity index (χ4v) is 4.87. The molecule has 0 spiro atoms. The van der Waals surface area contributed by atoms with E-state index in [1.165, 1.54) is 7.11 Å². The molecular weight excluding hydrogens is 450 g/mol. The largest absolute Gasteiger partial charge is 0.467 e. The number of rotatable bonds is 10. The molecule has 0 aromatic heterocycles. The van der Waals surface area contributed by atoms with Gasteiger partial charge in [0, 0.05) is 24.6 Å². The molecule has 0 saturated heterocycles. The van der Waals surface area contributed by atoms with E-state index in [4.69, 9.17) is 9.94 Å². The maximum absolute atomic E-state index is 13.0. The summed E-state index contributed by atoms with van der Waals surface area (Å²) in [6, 6.07) is 11.7. The molecule has 3 N–H and O–H groups in total. The lowest BCUT2D eigenvalue weighted by molar-refractivity contribution is -0.145. The van der Waals surface area contributed by atoms with Crippen LogP contribution in [0.15, 0.2) is 42.5 Å². The first-order valence-electron chi connectivity index (χ1n) is 11.8. The van der Waals surface area contributed by atoms with Crippen molar-refractivity contribution in [2.45, 2.75) is 50.5 Å². The Balaban J connectivity index is 1.46. The molecule has 9 heteroatoms. The van der Waals surface area contributed by atoms with Crippen LogP contribution < -0.4 is 10.8 Å². The number of carbonyl (C=O) groups excluding carboxylic acids is 4. The fourth-order valence-electron chi connectivity index (χ4n) is 4.87. The van der Waals surface area contributed by atoms with Crippen LogP contribution in [0.4, 0.5) is 5.69 Å². The number of benzene rings is 2. The number of methoxy groups -OCH3 is 1. The van der Waals surface area contributed by atoms with Crippen LogP contribution in [0, 0.1) is 0 Å². The van der Waals surface area contributed by atoms with Crippen LogP contribution in [0.25, 0.3) is 0 Å². The molecule has 1 unspecified atom stereocenters. The number of ether oxygens (including phenoxy) is 1. The highest BCUT2D eigenvalue weighted by atomic mass is 16.5. The van der Waals surface area contributed by atoms with Gasteiger partial charge in [0.25, 0.3) is 11.8 Å². The molecule has 0 radical (unpaired) electrons. The van der Waals surface area contributed by atoms with Crippen molar-refractivity contribution in [1.82, 2.24) is 10.4 Å². The van der Waals surface area contributed by atoms with Crippen molar-refractivity contribution >= 4 is 29.4 Å². The molecule has 2 heterocycles. The lowest BCUT2D eigenvalue weighted by Gasteiger charge is -2.26. The van der Waals surface area contributed by atoms with Gasteiger partial charge in [-0.2, -0.15) is 0 Å². The second kappa shape index (κ2) is 10.7. The van der Waals surface area contributed by atoms with Crippen LogP contribution in [0.2, 0.25) is 0 Å². The number of amides is 3. The Labute approximate surface area is 203 Å². The number of carbonyl (C=O) groups is 4. The summed E-state index contributed by atoms with van der Waals surface area (Å²) in [7, 11) is 1.26. The van der Waals surface area contributed by atoms with E-state index in [2.05, 4.69) is 17.4 Å². The fraction of sp³-hybridized carbons (Fsp3) is 0.385. The number of esters is 1. The number of fused-ring (bicyclic) bond motifs is 2. The van der Waals surface area contributed by atoms with Crippen LogP contribution in [0.1, 0.15) is 69.9 Å². The third-order valence-electron chi connectivity index (χ3n) is 6.71. The lowest BCUT2D eigenvalue weighted by atomic mass is 9.91. The number of hydrogen-bond acceptors (Lipinski definition) is 7. The van der Waals surface area contributed by atoms with Crippen molar-refractivity contribution in [3.63, 3.8) is 0 Å². The molecule has 2 aromatic carbocycles. The van der Waals surface area contributed by atoms with E-state index in [1.54, 1.807) is 29.7 Å². The van der Waals surface area contributed by atoms with Gasteiger partial charge in [-0.15, -0.1) is 0 Å². The Kier molecular flexibility index (Phi) is 7.45. The quantitative estimate of drug-likeness (QED) is 0.157. The highest BCUT2D eigenvalue weighted by molar-refractivity contribution is 6.22. The van der Waals surface area contributed by atoms with Crippen LogP contribution >= 0.6 is 0 Å². The van der Waals surface area contributed by atoms with Gasteiger partial charge in [0.05, 0.1) is 18.2 Å². The van der Waals surface area contributed by atoms with E-state index in [1.807, 2.05) is 6.07 Å². The van der Waals surface area contributed by atoms with Crippen molar-refractivity contribution in [2.75, 3.05) is 19.0 Å². The average Bonchev–Trinajstić information content (AvgIpc) is 3.39. The van der Waals surface area contributed by atoms with Crippen molar-refractivity contribution in [2.24, 2.45) is 0 Å². The molecule has 0 aliphatic carbocycles. The van der Waals surface area contributed by atoms with Crippen LogP contribution in [0.5, 0.6) is 0 Å². The maximum Gasteiger partial charge on any atom is 0.329 e. The Morgan fingerprint density at radius 3 is 2.49 bits per heavy atom. The number of aryl methyl sites for hydroxylation is 1. The lowest BCUT2D eigenvalue weighted by Crippen LogP contribution is -2.46. The zero-order valence-corrected chi connectivity index (χ0v) is 19.6. The minimum absolute atomic E-state index is 0.0772. The predicted molar refractivity (Wildman–Crippen MR) is 127 cm³/mol. The first-order valence-corrected chi connectivity index (χ1v) is 11.8. The normalized spacial score (nSPS) is 17.0. The number of nitrogens with one attached hydrogen (secondary N) is 2. The number of hydrogen-bond donors (Lipinski definition) is 3. The Hall–Kier alpha value is -3.72. The topological polar surface area (TPSA) is 125 Å². The standard InChI is InChI=1S/C26H29N3O6/c1-35-26(33)22(29-24(31)18-8-5-6-9-19(18)25(29)32)14-17-15-27-21-12-11-16(13-20(17)21)7-3-2-4-10-23(30)28-34/h5-6,8-9,11-13,17,22,27,34H,2-4,7,10,14-15H2,1H3,(H,28,30)/t17?,22-/m0/s1. The average molecular weight is 480 g/mol. The number of unbranched alkanes of at least 4 members (excludes halogenated alkanes) is 2. The van der Waals surface area contributed by atoms with Gasteiger partial charge in [-0.3, -0.25) is 24.5 Å². The summed E-state index contributed by atoms with van der Waals surface area (Å²) in [5.41, 5.74) is 5.41. The van der Waals surface area contributed by atoms with Gasteiger partial charge in [0.1, 0.15) is 6.04 Å². The SMILES string of the molecule is COC(=O)[C@H](CC1CNc2ccc(CCCCCC(=O)NO)cc21)N1C(=O)c2ccccc2C1=O. The smallest absolute Gasteiger partial charge is 0.329 e. The summed E-state index contributed by atoms with van der Waals surface area (Å²) in [4.78, 5) is 50.9. The van der Waals surface area contributed by atoms with E-state index < -0.39 is 23.8 Å². The first-order chi connectivity index (χ1) is 16.9. The van der Waals surface area contributed by atoms with Gasteiger partial charge in [-0.1, -0.05) is 30.7 Å². The van der Waals surface area contributed by atoms with Crippen molar-refractivity contribution in [3.05, 3.63) is 64.7 Å². The number of nitrogens with zero attached hydrogens (tertiary/aromatic N) is 1. The molecule has 2 aromatic rings. The minimum Gasteiger partial charge on any atom is -0.467 e. The maximum atomic E-state index is 13.0. The van der Waals surface area contributed by atoms with E-state index in [-0.39, 0.29) is 18.2 Å². The van der Waals surface area contributed by atoms with Gasteiger partial charge in [0.15, 0.2) is 0 Å². The molecule has 4 rings (SSSR count). The van der Waals surface area contributed by atoms with E-state index >= 15 is 0 Å². The van der Waals surface area contributed by atoms with E-state index in [0.29, 0.717) is 30.5 Å². The van der Waals surface area contributed by atoms with Crippen LogP contribution in [0.3, 0.4) is 0 Å². The molecule has 0 saturated carbocycles. The van der Waals surface area contributed by atoms with Crippen LogP contribution in [-0.2, 0) is 20.7 Å². The van der Waals surface area contributed by atoms with Crippen molar-refractivity contribution in [1.29, 1.82) is 0 Å². The molecule has 2 aliphatic heterocycles.